The number of hydrogen-bond acceptors (Lipinski definition) is 3. The Bertz CT molecular complexity index is 652. The zero-order valence-electron chi connectivity index (χ0n) is 9.86. The van der Waals surface area contributed by atoms with E-state index in [0.717, 1.165) is 0 Å². The van der Waals surface area contributed by atoms with E-state index in [-0.39, 0.29) is 12.2 Å². The molecule has 0 unspecified atom stereocenters. The van der Waals surface area contributed by atoms with Crippen LogP contribution in [0.2, 0.25) is 0 Å². The average Bonchev–Trinajstić information content (AvgIpc) is 2.37. The molecule has 3 nitrogen and oxygen atoms in total. The average molecular weight is 321 g/mol. The molecule has 0 aromatic heterocycles. The van der Waals surface area contributed by atoms with Crippen LogP contribution in [0.15, 0.2) is 40.9 Å². The summed E-state index contributed by atoms with van der Waals surface area (Å²) in [6.45, 7) is 0. The number of ether oxygens (including phenoxy) is 1. The molecule has 0 amide bonds. The Morgan fingerprint density at radius 1 is 1.26 bits per heavy atom. The van der Waals surface area contributed by atoms with E-state index in [1.165, 1.54) is 18.2 Å². The second-order valence-corrected chi connectivity index (χ2v) is 4.73. The molecule has 2 N–H and O–H groups in total. The van der Waals surface area contributed by atoms with Crippen LogP contribution in [0.3, 0.4) is 0 Å². The molecule has 0 saturated carbocycles. The van der Waals surface area contributed by atoms with Gasteiger partial charge in [0, 0.05) is 5.69 Å². The van der Waals surface area contributed by atoms with Crippen molar-refractivity contribution in [2.45, 2.75) is 6.42 Å². The normalized spacial score (nSPS) is 9.95. The Morgan fingerprint density at radius 3 is 2.74 bits per heavy atom. The van der Waals surface area contributed by atoms with E-state index in [4.69, 9.17) is 15.7 Å². The number of halogens is 2. The van der Waals surface area contributed by atoms with E-state index in [2.05, 4.69) is 15.9 Å². The fraction of sp³-hybridized carbons (Fsp3) is 0.0714. The molecule has 0 aliphatic rings. The molecular formula is C14H10BrFN2O. The van der Waals surface area contributed by atoms with Crippen LogP contribution in [0.4, 0.5) is 10.1 Å². The molecule has 5 heteroatoms. The summed E-state index contributed by atoms with van der Waals surface area (Å²) < 4.78 is 19.1. The molecular weight excluding hydrogens is 311 g/mol. The quantitative estimate of drug-likeness (QED) is 0.868. The van der Waals surface area contributed by atoms with Crippen molar-refractivity contribution in [1.29, 1.82) is 5.26 Å². The van der Waals surface area contributed by atoms with Crippen molar-refractivity contribution >= 4 is 21.6 Å². The molecule has 0 aliphatic carbocycles. The lowest BCUT2D eigenvalue weighted by atomic mass is 10.1. The minimum atomic E-state index is -0.346. The largest absolute Gasteiger partial charge is 0.456 e. The SMILES string of the molecule is N#CCc1cc(Oc2ccc(F)cc2Br)ccc1N. The Kier molecular flexibility index (Phi) is 4.03. The van der Waals surface area contributed by atoms with E-state index in [0.29, 0.717) is 27.2 Å². The van der Waals surface area contributed by atoms with Crippen molar-refractivity contribution in [1.82, 2.24) is 0 Å². The number of benzene rings is 2. The summed E-state index contributed by atoms with van der Waals surface area (Å²) in [6.07, 6.45) is 0.216. The molecule has 0 bridgehead atoms. The first-order valence-corrected chi connectivity index (χ1v) is 6.27. The van der Waals surface area contributed by atoms with E-state index < -0.39 is 0 Å². The highest BCUT2D eigenvalue weighted by molar-refractivity contribution is 9.10. The number of anilines is 1. The summed E-state index contributed by atoms with van der Waals surface area (Å²) in [5.41, 5.74) is 7.01. The van der Waals surface area contributed by atoms with Crippen LogP contribution in [0.5, 0.6) is 11.5 Å². The predicted octanol–water partition coefficient (Wildman–Crippen LogP) is 4.03. The van der Waals surface area contributed by atoms with Crippen molar-refractivity contribution < 1.29 is 9.13 Å². The van der Waals surface area contributed by atoms with Crippen LogP contribution in [0, 0.1) is 17.1 Å². The van der Waals surface area contributed by atoms with Gasteiger partial charge in [-0.05, 0) is 57.9 Å². The highest BCUT2D eigenvalue weighted by Gasteiger charge is 2.06. The number of nitrogen functional groups attached to an aromatic ring is 1. The molecule has 0 heterocycles. The molecule has 2 aromatic carbocycles. The number of nitrogens with zero attached hydrogens (tertiary/aromatic N) is 1. The number of nitrogens with two attached hydrogens (primary N) is 1. The summed E-state index contributed by atoms with van der Waals surface area (Å²) in [6, 6.07) is 11.3. The standard InChI is InChI=1S/C14H10BrFN2O/c15-12-8-10(16)1-4-14(12)19-11-2-3-13(18)9(7-11)5-6-17/h1-4,7-8H,5,18H2. The van der Waals surface area contributed by atoms with Gasteiger partial charge in [-0.3, -0.25) is 0 Å². The van der Waals surface area contributed by atoms with Gasteiger partial charge in [-0.25, -0.2) is 4.39 Å². The van der Waals surface area contributed by atoms with Crippen molar-refractivity contribution in [3.05, 3.63) is 52.3 Å². The van der Waals surface area contributed by atoms with Gasteiger partial charge in [-0.15, -0.1) is 0 Å². The molecule has 0 radical (unpaired) electrons. The third-order valence-electron chi connectivity index (χ3n) is 2.51. The van der Waals surface area contributed by atoms with Gasteiger partial charge in [0.1, 0.15) is 17.3 Å². The summed E-state index contributed by atoms with van der Waals surface area (Å²) in [4.78, 5) is 0. The Balaban J connectivity index is 2.28. The minimum Gasteiger partial charge on any atom is -0.456 e. The highest BCUT2D eigenvalue weighted by Crippen LogP contribution is 2.31. The first-order valence-electron chi connectivity index (χ1n) is 5.48. The Labute approximate surface area is 118 Å². The van der Waals surface area contributed by atoms with Gasteiger partial charge in [-0.2, -0.15) is 5.26 Å². The third kappa shape index (κ3) is 3.24. The molecule has 0 atom stereocenters. The third-order valence-corrected chi connectivity index (χ3v) is 3.13. The van der Waals surface area contributed by atoms with Crippen LogP contribution in [0.25, 0.3) is 0 Å². The predicted molar refractivity (Wildman–Crippen MR) is 74.3 cm³/mol. The van der Waals surface area contributed by atoms with Crippen LogP contribution in [-0.2, 0) is 6.42 Å². The maximum absolute atomic E-state index is 13.0. The number of nitriles is 1. The summed E-state index contributed by atoms with van der Waals surface area (Å²) in [5.74, 6) is 0.697. The Morgan fingerprint density at radius 2 is 2.05 bits per heavy atom. The molecule has 2 aromatic rings. The van der Waals surface area contributed by atoms with Crippen LogP contribution in [0.1, 0.15) is 5.56 Å². The summed E-state index contributed by atoms with van der Waals surface area (Å²) >= 11 is 3.23. The molecule has 0 spiro atoms. The maximum atomic E-state index is 13.0. The van der Waals surface area contributed by atoms with Gasteiger partial charge in [0.15, 0.2) is 0 Å². The minimum absolute atomic E-state index is 0.216. The first kappa shape index (κ1) is 13.4. The van der Waals surface area contributed by atoms with Crippen molar-refractivity contribution in [3.63, 3.8) is 0 Å². The molecule has 2 rings (SSSR count). The van der Waals surface area contributed by atoms with Gasteiger partial charge < -0.3 is 10.5 Å². The lowest BCUT2D eigenvalue weighted by molar-refractivity contribution is 0.477. The second-order valence-electron chi connectivity index (χ2n) is 3.87. The smallest absolute Gasteiger partial charge is 0.141 e. The molecule has 0 aliphatic heterocycles. The van der Waals surface area contributed by atoms with Crippen molar-refractivity contribution in [3.8, 4) is 17.6 Å². The zero-order chi connectivity index (χ0) is 13.8. The van der Waals surface area contributed by atoms with Gasteiger partial charge in [-0.1, -0.05) is 0 Å². The number of hydrogen-bond donors (Lipinski definition) is 1. The van der Waals surface area contributed by atoms with Crippen LogP contribution in [-0.4, -0.2) is 0 Å². The monoisotopic (exact) mass is 320 g/mol. The van der Waals surface area contributed by atoms with E-state index in [9.17, 15) is 4.39 Å². The highest BCUT2D eigenvalue weighted by atomic mass is 79.9. The fourth-order valence-electron chi connectivity index (χ4n) is 1.57. The van der Waals surface area contributed by atoms with Crippen LogP contribution < -0.4 is 10.5 Å². The second kappa shape index (κ2) is 5.72. The van der Waals surface area contributed by atoms with E-state index in [1.54, 1.807) is 18.2 Å². The number of rotatable bonds is 3. The van der Waals surface area contributed by atoms with Gasteiger partial charge in [0.2, 0.25) is 0 Å². The molecule has 96 valence electrons. The molecule has 19 heavy (non-hydrogen) atoms. The Hall–Kier alpha value is -2.06. The van der Waals surface area contributed by atoms with E-state index in [1.807, 2.05) is 6.07 Å². The lowest BCUT2D eigenvalue weighted by Crippen LogP contribution is -1.94. The zero-order valence-corrected chi connectivity index (χ0v) is 11.4. The first-order chi connectivity index (χ1) is 9.10. The van der Waals surface area contributed by atoms with Gasteiger partial charge >= 0.3 is 0 Å². The van der Waals surface area contributed by atoms with Crippen molar-refractivity contribution in [2.24, 2.45) is 0 Å². The summed E-state index contributed by atoms with van der Waals surface area (Å²) in [7, 11) is 0. The molecule has 0 saturated heterocycles. The maximum Gasteiger partial charge on any atom is 0.141 e. The van der Waals surface area contributed by atoms with E-state index >= 15 is 0 Å². The van der Waals surface area contributed by atoms with Crippen LogP contribution >= 0.6 is 15.9 Å². The van der Waals surface area contributed by atoms with Gasteiger partial charge in [0.05, 0.1) is 17.0 Å². The lowest BCUT2D eigenvalue weighted by Gasteiger charge is -2.10. The fourth-order valence-corrected chi connectivity index (χ4v) is 2.00. The van der Waals surface area contributed by atoms with Gasteiger partial charge in [0.25, 0.3) is 0 Å². The topological polar surface area (TPSA) is 59.0 Å². The molecule has 0 fully saturated rings. The van der Waals surface area contributed by atoms with Crippen molar-refractivity contribution in [2.75, 3.05) is 5.73 Å². The summed E-state index contributed by atoms with van der Waals surface area (Å²) in [5, 5.41) is 8.70.